The summed E-state index contributed by atoms with van der Waals surface area (Å²) >= 11 is 0. The van der Waals surface area contributed by atoms with Crippen LogP contribution in [0.4, 0.5) is 17.5 Å². The summed E-state index contributed by atoms with van der Waals surface area (Å²) in [4.78, 5) is 13.2. The van der Waals surface area contributed by atoms with Gasteiger partial charge in [-0.3, -0.25) is 0 Å². The van der Waals surface area contributed by atoms with Crippen molar-refractivity contribution in [3.05, 3.63) is 54.1 Å². The van der Waals surface area contributed by atoms with Crippen molar-refractivity contribution in [3.8, 4) is 0 Å². The largest absolute Gasteiger partial charge is 0.403 e. The lowest BCUT2D eigenvalue weighted by Gasteiger charge is -2.27. The summed E-state index contributed by atoms with van der Waals surface area (Å²) in [5.41, 5.74) is 20.1. The molecule has 3 heterocycles. The maximum atomic E-state index is 6.53. The molecule has 158 valence electrons. The lowest BCUT2D eigenvalue weighted by Crippen LogP contribution is -2.35. The van der Waals surface area contributed by atoms with Gasteiger partial charge < -0.3 is 27.5 Å². The molecule has 0 aromatic carbocycles. The Morgan fingerprint density at radius 1 is 1.17 bits per heavy atom. The molecular weight excluding hydrogens is 378 g/mol. The molecule has 0 aliphatic carbocycles. The Morgan fingerprint density at radius 3 is 2.50 bits per heavy atom. The predicted molar refractivity (Wildman–Crippen MR) is 122 cm³/mol. The highest BCUT2D eigenvalue weighted by Gasteiger charge is 2.23. The molecule has 0 amide bonds. The average Bonchev–Trinajstić information content (AvgIpc) is 2.73. The van der Waals surface area contributed by atoms with Crippen molar-refractivity contribution in [2.24, 2.45) is 17.3 Å². The number of hydrazine groups is 1. The van der Waals surface area contributed by atoms with E-state index in [2.05, 4.69) is 34.1 Å². The Morgan fingerprint density at radius 2 is 1.87 bits per heavy atom. The van der Waals surface area contributed by atoms with E-state index >= 15 is 0 Å². The zero-order chi connectivity index (χ0) is 21.9. The van der Waals surface area contributed by atoms with Gasteiger partial charge >= 0.3 is 0 Å². The third-order valence-electron chi connectivity index (χ3n) is 5.40. The summed E-state index contributed by atoms with van der Waals surface area (Å²) in [5, 5.41) is 6.23. The molecule has 0 fully saturated rings. The van der Waals surface area contributed by atoms with Gasteiger partial charge in [0.2, 0.25) is 0 Å². The maximum absolute atomic E-state index is 6.53. The fraction of sp³-hybridized carbons (Fsp3) is 0.286. The average molecular weight is 408 g/mol. The molecule has 0 aliphatic heterocycles. The number of pyridine rings is 3. The van der Waals surface area contributed by atoms with Crippen LogP contribution < -0.4 is 28.4 Å². The number of nitrogen functional groups attached to an aromatic ring is 1. The van der Waals surface area contributed by atoms with Crippen LogP contribution >= 0.6 is 0 Å². The van der Waals surface area contributed by atoms with Crippen LogP contribution in [0.1, 0.15) is 37.9 Å². The Hall–Kier alpha value is -3.43. The first kappa shape index (κ1) is 21.3. The summed E-state index contributed by atoms with van der Waals surface area (Å²) in [6.07, 6.45) is 6.49. The summed E-state index contributed by atoms with van der Waals surface area (Å²) < 4.78 is 0. The summed E-state index contributed by atoms with van der Waals surface area (Å²) in [6.45, 7) is 4.17. The second kappa shape index (κ2) is 8.52. The van der Waals surface area contributed by atoms with Crippen LogP contribution in [0.2, 0.25) is 0 Å². The van der Waals surface area contributed by atoms with Gasteiger partial charge in [-0.15, -0.1) is 0 Å². The van der Waals surface area contributed by atoms with Gasteiger partial charge in [-0.25, -0.2) is 20.8 Å². The first-order chi connectivity index (χ1) is 14.3. The van der Waals surface area contributed by atoms with E-state index in [-0.39, 0.29) is 5.54 Å². The number of hydrogen-bond donors (Lipinski definition) is 5. The van der Waals surface area contributed by atoms with Gasteiger partial charge in [0.15, 0.2) is 0 Å². The predicted octanol–water partition coefficient (Wildman–Crippen LogP) is 2.39. The zero-order valence-electron chi connectivity index (χ0n) is 17.6. The highest BCUT2D eigenvalue weighted by atomic mass is 15.4. The topological polar surface area (TPSA) is 158 Å². The lowest BCUT2D eigenvalue weighted by atomic mass is 9.86. The zero-order valence-corrected chi connectivity index (χ0v) is 17.6. The van der Waals surface area contributed by atoms with Gasteiger partial charge in [-0.2, -0.15) is 0 Å². The molecule has 0 spiro atoms. The third-order valence-corrected chi connectivity index (χ3v) is 5.40. The quantitative estimate of drug-likeness (QED) is 0.293. The number of hydrogen-bond acceptors (Lipinski definition) is 9. The molecule has 9 heteroatoms. The van der Waals surface area contributed by atoms with E-state index in [0.29, 0.717) is 28.8 Å². The van der Waals surface area contributed by atoms with Crippen molar-refractivity contribution >= 4 is 33.9 Å². The fourth-order valence-electron chi connectivity index (χ4n) is 3.36. The SMILES string of the molecule is CCC(N)(CC)c1ccnc(Nc2cc3cc(/C(=C/N)N(C)N)nc(N)c3cn2)c1. The van der Waals surface area contributed by atoms with Gasteiger partial charge in [0.05, 0.1) is 11.4 Å². The van der Waals surface area contributed by atoms with Crippen molar-refractivity contribution in [2.75, 3.05) is 18.1 Å². The summed E-state index contributed by atoms with van der Waals surface area (Å²) in [5.74, 6) is 7.48. The Bertz CT molecular complexity index is 1070. The molecule has 0 saturated heterocycles. The highest BCUT2D eigenvalue weighted by Crippen LogP contribution is 2.29. The van der Waals surface area contributed by atoms with Gasteiger partial charge in [-0.05, 0) is 48.1 Å². The second-order valence-corrected chi connectivity index (χ2v) is 7.26. The third kappa shape index (κ3) is 4.12. The Kier molecular flexibility index (Phi) is 6.04. The molecule has 9 N–H and O–H groups in total. The first-order valence-corrected chi connectivity index (χ1v) is 9.80. The van der Waals surface area contributed by atoms with Crippen LogP contribution in [0, 0.1) is 0 Å². The van der Waals surface area contributed by atoms with E-state index in [9.17, 15) is 0 Å². The van der Waals surface area contributed by atoms with E-state index in [0.717, 1.165) is 29.2 Å². The van der Waals surface area contributed by atoms with Gasteiger partial charge in [0.1, 0.15) is 17.5 Å². The van der Waals surface area contributed by atoms with E-state index in [1.807, 2.05) is 24.3 Å². The van der Waals surface area contributed by atoms with Crippen LogP contribution in [0.15, 0.2) is 42.9 Å². The molecule has 0 atom stereocenters. The van der Waals surface area contributed by atoms with E-state index in [4.69, 9.17) is 23.0 Å². The van der Waals surface area contributed by atoms with Crippen LogP contribution in [0.5, 0.6) is 0 Å². The minimum absolute atomic E-state index is 0.349. The van der Waals surface area contributed by atoms with Crippen molar-refractivity contribution in [1.82, 2.24) is 20.0 Å². The molecule has 30 heavy (non-hydrogen) atoms. The summed E-state index contributed by atoms with van der Waals surface area (Å²) in [6, 6.07) is 7.66. The van der Waals surface area contributed by atoms with Gasteiger partial charge in [0.25, 0.3) is 0 Å². The molecule has 0 unspecified atom stereocenters. The number of rotatable bonds is 7. The van der Waals surface area contributed by atoms with E-state index in [1.165, 1.54) is 11.2 Å². The molecular formula is C21H29N9. The Labute approximate surface area is 176 Å². The van der Waals surface area contributed by atoms with Crippen molar-refractivity contribution in [1.29, 1.82) is 0 Å². The molecule has 9 nitrogen and oxygen atoms in total. The monoisotopic (exact) mass is 407 g/mol. The highest BCUT2D eigenvalue weighted by molar-refractivity contribution is 5.93. The smallest absolute Gasteiger partial charge is 0.133 e. The second-order valence-electron chi connectivity index (χ2n) is 7.26. The number of fused-ring (bicyclic) bond motifs is 1. The van der Waals surface area contributed by atoms with E-state index in [1.54, 1.807) is 19.4 Å². The van der Waals surface area contributed by atoms with Crippen molar-refractivity contribution in [2.45, 2.75) is 32.2 Å². The number of nitrogens with two attached hydrogens (primary N) is 4. The van der Waals surface area contributed by atoms with Crippen LogP contribution in [-0.2, 0) is 5.54 Å². The van der Waals surface area contributed by atoms with Gasteiger partial charge in [0, 0.05) is 36.6 Å². The molecule has 0 radical (unpaired) electrons. The van der Waals surface area contributed by atoms with Crippen LogP contribution in [-0.4, -0.2) is 27.0 Å². The molecule has 3 aromatic rings. The first-order valence-electron chi connectivity index (χ1n) is 9.80. The van der Waals surface area contributed by atoms with Gasteiger partial charge in [-0.1, -0.05) is 13.8 Å². The molecule has 0 bridgehead atoms. The summed E-state index contributed by atoms with van der Waals surface area (Å²) in [7, 11) is 1.68. The molecule has 3 rings (SSSR count). The molecule has 0 saturated carbocycles. The van der Waals surface area contributed by atoms with Crippen LogP contribution in [0.25, 0.3) is 16.5 Å². The fourth-order valence-corrected chi connectivity index (χ4v) is 3.36. The normalized spacial score (nSPS) is 12.2. The lowest BCUT2D eigenvalue weighted by molar-refractivity contribution is 0.412. The standard InChI is InChI=1S/C21H29N9/c1-4-21(24,5-2)14-6-7-26-19(10-14)29-18-9-13-8-16(17(11-22)30(3)25)28-20(23)15(13)12-27-18/h6-12H,4-5,22,24-25H2,1-3H3,(H2,23,28)(H,26,27,29)/b17-11-. The van der Waals surface area contributed by atoms with Crippen molar-refractivity contribution < 1.29 is 0 Å². The van der Waals surface area contributed by atoms with E-state index < -0.39 is 0 Å². The number of anilines is 3. The Balaban J connectivity index is 1.98. The molecule has 3 aromatic heterocycles. The maximum Gasteiger partial charge on any atom is 0.133 e. The number of nitrogens with one attached hydrogen (secondary N) is 1. The van der Waals surface area contributed by atoms with Crippen molar-refractivity contribution in [3.63, 3.8) is 0 Å². The number of nitrogens with zero attached hydrogens (tertiary/aromatic N) is 4. The minimum Gasteiger partial charge on any atom is -0.403 e. The molecule has 0 aliphatic rings. The minimum atomic E-state index is -0.385. The number of aromatic nitrogens is 3. The van der Waals surface area contributed by atoms with Crippen LogP contribution in [0.3, 0.4) is 0 Å².